The Morgan fingerprint density at radius 3 is 2.63 bits per heavy atom. The predicted octanol–water partition coefficient (Wildman–Crippen LogP) is 2.45. The van der Waals surface area contributed by atoms with Gasteiger partial charge in [-0.05, 0) is 26.0 Å². The summed E-state index contributed by atoms with van der Waals surface area (Å²) in [4.78, 5) is 22.1. The lowest BCUT2D eigenvalue weighted by molar-refractivity contribution is -0.385. The number of nitrogens with zero attached hydrogens (tertiary/aromatic N) is 2. The number of hydrogen-bond donors (Lipinski definition) is 1. The van der Waals surface area contributed by atoms with Crippen molar-refractivity contribution in [3.63, 3.8) is 0 Å². The zero-order valence-electron chi connectivity index (χ0n) is 10.3. The fourth-order valence-corrected chi connectivity index (χ4v) is 1.62. The van der Waals surface area contributed by atoms with E-state index >= 15 is 0 Å². The maximum atomic E-state index is 11.9. The van der Waals surface area contributed by atoms with Gasteiger partial charge in [0.1, 0.15) is 5.76 Å². The Balaban J connectivity index is 2.20. The first-order valence-corrected chi connectivity index (χ1v) is 5.47. The topological polar surface area (TPSA) is 98.3 Å². The van der Waals surface area contributed by atoms with E-state index in [9.17, 15) is 14.9 Å². The minimum absolute atomic E-state index is 0.0196. The van der Waals surface area contributed by atoms with E-state index in [1.165, 1.54) is 18.2 Å². The standard InChI is InChI=1S/C12H11N3O4/c1-7-5-9(3-4-10(7)15(17)18)12(16)13-11-6-8(2)19-14-11/h3-6H,1-2H3,(H,13,14,16). The van der Waals surface area contributed by atoms with Gasteiger partial charge in [0.15, 0.2) is 5.82 Å². The molecule has 1 aromatic heterocycles. The monoisotopic (exact) mass is 261 g/mol. The van der Waals surface area contributed by atoms with Gasteiger partial charge in [-0.2, -0.15) is 0 Å². The average Bonchev–Trinajstić information content (AvgIpc) is 2.74. The predicted molar refractivity (Wildman–Crippen MR) is 67.0 cm³/mol. The van der Waals surface area contributed by atoms with Crippen LogP contribution in [0.4, 0.5) is 11.5 Å². The number of benzene rings is 1. The summed E-state index contributed by atoms with van der Waals surface area (Å²) >= 11 is 0. The highest BCUT2D eigenvalue weighted by Gasteiger charge is 2.14. The SMILES string of the molecule is Cc1cc(NC(=O)c2ccc([N+](=O)[O-])c(C)c2)no1. The summed E-state index contributed by atoms with van der Waals surface area (Å²) in [5.74, 6) is 0.486. The Labute approximate surface area is 108 Å². The van der Waals surface area contributed by atoms with Crippen molar-refractivity contribution in [3.8, 4) is 0 Å². The van der Waals surface area contributed by atoms with Crippen LogP contribution in [0, 0.1) is 24.0 Å². The van der Waals surface area contributed by atoms with Crippen LogP contribution in [0.25, 0.3) is 0 Å². The Bertz CT molecular complexity index is 648. The second-order valence-electron chi connectivity index (χ2n) is 4.04. The van der Waals surface area contributed by atoms with Crippen molar-refractivity contribution in [2.24, 2.45) is 0 Å². The number of rotatable bonds is 3. The second kappa shape index (κ2) is 4.89. The molecular formula is C12H11N3O4. The molecule has 0 saturated heterocycles. The molecule has 0 spiro atoms. The number of amides is 1. The first-order chi connectivity index (χ1) is 8.97. The molecule has 0 saturated carbocycles. The third-order valence-electron chi connectivity index (χ3n) is 2.53. The minimum atomic E-state index is -0.488. The summed E-state index contributed by atoms with van der Waals surface area (Å²) in [5, 5.41) is 16.9. The molecule has 1 N–H and O–H groups in total. The lowest BCUT2D eigenvalue weighted by atomic mass is 10.1. The second-order valence-corrected chi connectivity index (χ2v) is 4.04. The number of nitrogens with one attached hydrogen (secondary N) is 1. The van der Waals surface area contributed by atoms with Crippen LogP contribution in [0.1, 0.15) is 21.7 Å². The number of nitro benzene ring substituents is 1. The molecule has 19 heavy (non-hydrogen) atoms. The number of nitro groups is 1. The van der Waals surface area contributed by atoms with E-state index in [4.69, 9.17) is 4.52 Å². The van der Waals surface area contributed by atoms with Crippen molar-refractivity contribution >= 4 is 17.4 Å². The van der Waals surface area contributed by atoms with Gasteiger partial charge in [-0.15, -0.1) is 0 Å². The van der Waals surface area contributed by atoms with Crippen LogP contribution in [-0.4, -0.2) is 16.0 Å². The van der Waals surface area contributed by atoms with Crippen molar-refractivity contribution < 1.29 is 14.2 Å². The van der Waals surface area contributed by atoms with Crippen LogP contribution in [0.3, 0.4) is 0 Å². The van der Waals surface area contributed by atoms with Crippen molar-refractivity contribution in [2.45, 2.75) is 13.8 Å². The highest BCUT2D eigenvalue weighted by molar-refractivity contribution is 6.04. The summed E-state index contributed by atoms with van der Waals surface area (Å²) in [6, 6.07) is 5.74. The molecule has 1 amide bonds. The molecule has 0 unspecified atom stereocenters. The normalized spacial score (nSPS) is 10.2. The van der Waals surface area contributed by atoms with Gasteiger partial charge >= 0.3 is 0 Å². The molecule has 2 aromatic rings. The van der Waals surface area contributed by atoms with Gasteiger partial charge in [-0.3, -0.25) is 14.9 Å². The molecule has 1 heterocycles. The fourth-order valence-electron chi connectivity index (χ4n) is 1.62. The molecule has 0 fully saturated rings. The number of anilines is 1. The van der Waals surface area contributed by atoms with Gasteiger partial charge in [-0.25, -0.2) is 0 Å². The Morgan fingerprint density at radius 2 is 2.11 bits per heavy atom. The van der Waals surface area contributed by atoms with Crippen LogP contribution in [0.2, 0.25) is 0 Å². The van der Waals surface area contributed by atoms with Crippen molar-refractivity contribution in [3.05, 3.63) is 51.3 Å². The van der Waals surface area contributed by atoms with E-state index in [2.05, 4.69) is 10.5 Å². The maximum absolute atomic E-state index is 11.9. The molecule has 7 heteroatoms. The summed E-state index contributed by atoms with van der Waals surface area (Å²) < 4.78 is 4.82. The largest absolute Gasteiger partial charge is 0.360 e. The van der Waals surface area contributed by atoms with Crippen LogP contribution in [0.5, 0.6) is 0 Å². The summed E-state index contributed by atoms with van der Waals surface area (Å²) in [6.07, 6.45) is 0. The van der Waals surface area contributed by atoms with Crippen molar-refractivity contribution in [1.29, 1.82) is 0 Å². The van der Waals surface area contributed by atoms with Crippen molar-refractivity contribution in [2.75, 3.05) is 5.32 Å². The van der Waals surface area contributed by atoms with Crippen LogP contribution < -0.4 is 5.32 Å². The molecule has 98 valence electrons. The zero-order valence-corrected chi connectivity index (χ0v) is 10.3. The van der Waals surface area contributed by atoms with E-state index in [1.54, 1.807) is 19.9 Å². The summed E-state index contributed by atoms with van der Waals surface area (Å²) in [6.45, 7) is 3.29. The highest BCUT2D eigenvalue weighted by Crippen LogP contribution is 2.19. The number of carbonyl (C=O) groups is 1. The molecule has 1 aromatic carbocycles. The highest BCUT2D eigenvalue weighted by atomic mass is 16.6. The number of carbonyl (C=O) groups excluding carboxylic acids is 1. The summed E-state index contributed by atoms with van der Waals surface area (Å²) in [5.41, 5.74) is 0.728. The van der Waals surface area contributed by atoms with E-state index in [0.29, 0.717) is 22.7 Å². The molecule has 0 aliphatic rings. The number of hydrogen-bond acceptors (Lipinski definition) is 5. The Morgan fingerprint density at radius 1 is 1.37 bits per heavy atom. The quantitative estimate of drug-likeness (QED) is 0.675. The van der Waals surface area contributed by atoms with Crippen molar-refractivity contribution in [1.82, 2.24) is 5.16 Å². The van der Waals surface area contributed by atoms with Gasteiger partial charge < -0.3 is 9.84 Å². The minimum Gasteiger partial charge on any atom is -0.360 e. The van der Waals surface area contributed by atoms with Gasteiger partial charge in [0.2, 0.25) is 0 Å². The maximum Gasteiger partial charge on any atom is 0.272 e. The first kappa shape index (κ1) is 12.7. The molecule has 0 aliphatic carbocycles. The molecule has 0 bridgehead atoms. The average molecular weight is 261 g/mol. The smallest absolute Gasteiger partial charge is 0.272 e. The third-order valence-corrected chi connectivity index (χ3v) is 2.53. The van der Waals surface area contributed by atoms with Crippen LogP contribution in [0.15, 0.2) is 28.8 Å². The molecular weight excluding hydrogens is 250 g/mol. The summed E-state index contributed by atoms with van der Waals surface area (Å²) in [7, 11) is 0. The zero-order chi connectivity index (χ0) is 14.0. The van der Waals surface area contributed by atoms with Gasteiger partial charge in [0.25, 0.3) is 11.6 Å². The Hall–Kier alpha value is -2.70. The van der Waals surface area contributed by atoms with Crippen LogP contribution in [-0.2, 0) is 0 Å². The molecule has 0 aliphatic heterocycles. The lowest BCUT2D eigenvalue weighted by Crippen LogP contribution is -2.12. The fraction of sp³-hybridized carbons (Fsp3) is 0.167. The number of aromatic nitrogens is 1. The van der Waals surface area contributed by atoms with Gasteiger partial charge in [-0.1, -0.05) is 5.16 Å². The Kier molecular flexibility index (Phi) is 3.28. The van der Waals surface area contributed by atoms with E-state index in [0.717, 1.165) is 0 Å². The molecule has 2 rings (SSSR count). The lowest BCUT2D eigenvalue weighted by Gasteiger charge is -2.03. The molecule has 0 radical (unpaired) electrons. The van der Waals surface area contributed by atoms with Crippen LogP contribution >= 0.6 is 0 Å². The first-order valence-electron chi connectivity index (χ1n) is 5.47. The number of aryl methyl sites for hydroxylation is 2. The molecule has 7 nitrogen and oxygen atoms in total. The van der Waals surface area contributed by atoms with E-state index < -0.39 is 10.8 Å². The van der Waals surface area contributed by atoms with E-state index in [-0.39, 0.29) is 5.69 Å². The van der Waals surface area contributed by atoms with Gasteiger partial charge in [0.05, 0.1) is 4.92 Å². The van der Waals surface area contributed by atoms with Gasteiger partial charge in [0, 0.05) is 23.3 Å². The van der Waals surface area contributed by atoms with E-state index in [1.807, 2.05) is 0 Å². The molecule has 0 atom stereocenters. The third kappa shape index (κ3) is 2.76.